The summed E-state index contributed by atoms with van der Waals surface area (Å²) in [6, 6.07) is 16.0. The molecule has 1 aliphatic rings. The van der Waals surface area contributed by atoms with Gasteiger partial charge in [0.05, 0.1) is 6.04 Å². The molecule has 0 bridgehead atoms. The second-order valence-corrected chi connectivity index (χ2v) is 8.94. The lowest BCUT2D eigenvalue weighted by molar-refractivity contribution is 0.0874. The maximum Gasteiger partial charge on any atom is 0.270 e. The molecule has 5 nitrogen and oxygen atoms in total. The number of carbonyl (C=O) groups excluding carboxylic acids is 1. The highest BCUT2D eigenvalue weighted by atomic mass is 32.1. The summed E-state index contributed by atoms with van der Waals surface area (Å²) in [6.07, 6.45) is 5.69. The van der Waals surface area contributed by atoms with Crippen LogP contribution >= 0.6 is 11.3 Å². The number of amides is 1. The van der Waals surface area contributed by atoms with Crippen molar-refractivity contribution in [1.82, 2.24) is 20.2 Å². The lowest BCUT2D eigenvalue weighted by Gasteiger charge is -2.37. The van der Waals surface area contributed by atoms with Crippen molar-refractivity contribution in [2.24, 2.45) is 5.92 Å². The molecule has 0 unspecified atom stereocenters. The summed E-state index contributed by atoms with van der Waals surface area (Å²) in [4.78, 5) is 24.1. The van der Waals surface area contributed by atoms with Crippen LogP contribution < -0.4 is 5.32 Å². The van der Waals surface area contributed by atoms with Crippen LogP contribution in [0.3, 0.4) is 0 Å². The Morgan fingerprint density at radius 3 is 2.73 bits per heavy atom. The number of aromatic nitrogens is 2. The van der Waals surface area contributed by atoms with E-state index in [4.69, 9.17) is 0 Å². The van der Waals surface area contributed by atoms with Gasteiger partial charge in [0.25, 0.3) is 5.91 Å². The molecule has 30 heavy (non-hydrogen) atoms. The minimum atomic E-state index is -0.134. The van der Waals surface area contributed by atoms with Crippen molar-refractivity contribution in [3.63, 3.8) is 0 Å². The lowest BCUT2D eigenvalue weighted by Crippen LogP contribution is -2.44. The first-order chi connectivity index (χ1) is 14.7. The zero-order chi connectivity index (χ0) is 20.8. The molecule has 2 aromatic heterocycles. The standard InChI is InChI=1S/C24H28N4OS/c1-18(19-8-3-2-4-9-19)16-28-14-7-10-20(17-28)22(24-26-13-15-30-24)27-23(29)21-11-5-6-12-25-21/h2-6,8-9,11-13,15,18,20,22H,7,10,14,16-17H2,1H3,(H,27,29)/t18-,20-,22-/m1/s1. The van der Waals surface area contributed by atoms with Gasteiger partial charge in [-0.2, -0.15) is 0 Å². The van der Waals surface area contributed by atoms with E-state index in [0.29, 0.717) is 17.5 Å². The number of pyridine rings is 1. The first kappa shape index (κ1) is 20.7. The molecule has 0 aliphatic carbocycles. The van der Waals surface area contributed by atoms with E-state index < -0.39 is 0 Å². The predicted octanol–water partition coefficient (Wildman–Crippen LogP) is 4.52. The first-order valence-corrected chi connectivity index (χ1v) is 11.5. The van der Waals surface area contributed by atoms with Gasteiger partial charge in [-0.25, -0.2) is 4.98 Å². The van der Waals surface area contributed by atoms with E-state index in [9.17, 15) is 4.79 Å². The van der Waals surface area contributed by atoms with E-state index in [0.717, 1.165) is 37.5 Å². The Hall–Kier alpha value is -2.57. The molecular weight excluding hydrogens is 392 g/mol. The zero-order valence-electron chi connectivity index (χ0n) is 17.3. The number of piperidine rings is 1. The summed E-state index contributed by atoms with van der Waals surface area (Å²) in [5.41, 5.74) is 1.82. The van der Waals surface area contributed by atoms with Crippen LogP contribution in [0.5, 0.6) is 0 Å². The van der Waals surface area contributed by atoms with Crippen LogP contribution in [0.1, 0.15) is 52.8 Å². The van der Waals surface area contributed by atoms with Crippen LogP contribution in [0, 0.1) is 5.92 Å². The van der Waals surface area contributed by atoms with Crippen LogP contribution in [-0.2, 0) is 0 Å². The van der Waals surface area contributed by atoms with Crippen molar-refractivity contribution in [2.45, 2.75) is 31.7 Å². The van der Waals surface area contributed by atoms with Crippen molar-refractivity contribution < 1.29 is 4.79 Å². The SMILES string of the molecule is C[C@H](CN1CCC[C@@H]([C@@H](NC(=O)c2ccccn2)c2nccs2)C1)c1ccccc1. The van der Waals surface area contributed by atoms with E-state index in [-0.39, 0.29) is 11.9 Å². The molecule has 156 valence electrons. The third kappa shape index (κ3) is 5.12. The number of thiazole rings is 1. The lowest BCUT2D eigenvalue weighted by atomic mass is 9.89. The molecule has 1 aromatic carbocycles. The highest BCUT2D eigenvalue weighted by Gasteiger charge is 2.32. The summed E-state index contributed by atoms with van der Waals surface area (Å²) in [7, 11) is 0. The second kappa shape index (κ2) is 9.96. The van der Waals surface area contributed by atoms with Gasteiger partial charge in [-0.3, -0.25) is 9.78 Å². The molecule has 3 aromatic rings. The van der Waals surface area contributed by atoms with E-state index >= 15 is 0 Å². The topological polar surface area (TPSA) is 58.1 Å². The molecule has 1 saturated heterocycles. The van der Waals surface area contributed by atoms with Crippen LogP contribution in [-0.4, -0.2) is 40.4 Å². The Morgan fingerprint density at radius 2 is 2.00 bits per heavy atom. The summed E-state index contributed by atoms with van der Waals surface area (Å²) in [6.45, 7) is 5.38. The Bertz CT molecular complexity index is 917. The number of hydrogen-bond donors (Lipinski definition) is 1. The fourth-order valence-electron chi connectivity index (χ4n) is 4.29. The third-order valence-electron chi connectivity index (χ3n) is 5.82. The Morgan fingerprint density at radius 1 is 1.17 bits per heavy atom. The molecular formula is C24H28N4OS. The largest absolute Gasteiger partial charge is 0.341 e. The number of likely N-dealkylation sites (tertiary alicyclic amines) is 1. The molecule has 3 heterocycles. The number of nitrogens with one attached hydrogen (secondary N) is 1. The van der Waals surface area contributed by atoms with Crippen molar-refractivity contribution >= 4 is 17.2 Å². The van der Waals surface area contributed by atoms with Gasteiger partial charge in [-0.15, -0.1) is 11.3 Å². The third-order valence-corrected chi connectivity index (χ3v) is 6.67. The fourth-order valence-corrected chi connectivity index (χ4v) is 5.07. The van der Waals surface area contributed by atoms with Gasteiger partial charge in [0, 0.05) is 30.9 Å². The van der Waals surface area contributed by atoms with Crippen LogP contribution in [0.4, 0.5) is 0 Å². The summed E-state index contributed by atoms with van der Waals surface area (Å²) in [5, 5.41) is 6.18. The van der Waals surface area contributed by atoms with Gasteiger partial charge in [-0.05, 0) is 48.9 Å². The number of rotatable bonds is 7. The Balaban J connectivity index is 1.46. The second-order valence-electron chi connectivity index (χ2n) is 8.01. The van der Waals surface area contributed by atoms with Crippen molar-refractivity contribution in [3.8, 4) is 0 Å². The molecule has 1 aliphatic heterocycles. The van der Waals surface area contributed by atoms with Gasteiger partial charge in [0.1, 0.15) is 10.7 Å². The average Bonchev–Trinajstić information content (AvgIpc) is 3.33. The van der Waals surface area contributed by atoms with Gasteiger partial charge >= 0.3 is 0 Å². The summed E-state index contributed by atoms with van der Waals surface area (Å²) in [5.74, 6) is 0.678. The zero-order valence-corrected chi connectivity index (χ0v) is 18.1. The first-order valence-electron chi connectivity index (χ1n) is 10.6. The highest BCUT2D eigenvalue weighted by Crippen LogP contribution is 2.32. The molecule has 1 N–H and O–H groups in total. The number of hydrogen-bond acceptors (Lipinski definition) is 5. The van der Waals surface area contributed by atoms with Crippen LogP contribution in [0.15, 0.2) is 66.3 Å². The van der Waals surface area contributed by atoms with E-state index in [1.807, 2.05) is 23.7 Å². The Kier molecular flexibility index (Phi) is 6.87. The fraction of sp³-hybridized carbons (Fsp3) is 0.375. The van der Waals surface area contributed by atoms with Crippen LogP contribution in [0.2, 0.25) is 0 Å². The molecule has 1 fully saturated rings. The minimum Gasteiger partial charge on any atom is -0.341 e. The van der Waals surface area contributed by atoms with Crippen LogP contribution in [0.25, 0.3) is 0 Å². The quantitative estimate of drug-likeness (QED) is 0.610. The van der Waals surface area contributed by atoms with Gasteiger partial charge in [0.2, 0.25) is 0 Å². The minimum absolute atomic E-state index is 0.0886. The van der Waals surface area contributed by atoms with E-state index in [1.54, 1.807) is 23.6 Å². The number of carbonyl (C=O) groups is 1. The van der Waals surface area contributed by atoms with Gasteiger partial charge in [0.15, 0.2) is 0 Å². The average molecular weight is 421 g/mol. The summed E-state index contributed by atoms with van der Waals surface area (Å²) < 4.78 is 0. The van der Waals surface area contributed by atoms with E-state index in [2.05, 4.69) is 57.4 Å². The molecule has 1 amide bonds. The number of nitrogens with zero attached hydrogens (tertiary/aromatic N) is 3. The molecule has 0 saturated carbocycles. The van der Waals surface area contributed by atoms with Gasteiger partial charge in [-0.1, -0.05) is 43.3 Å². The molecule has 0 radical (unpaired) electrons. The maximum atomic E-state index is 12.8. The smallest absolute Gasteiger partial charge is 0.270 e. The normalized spacial score (nSPS) is 19.2. The van der Waals surface area contributed by atoms with Gasteiger partial charge < -0.3 is 10.2 Å². The molecule has 6 heteroatoms. The monoisotopic (exact) mass is 420 g/mol. The molecule has 0 spiro atoms. The summed E-state index contributed by atoms with van der Waals surface area (Å²) >= 11 is 1.61. The van der Waals surface area contributed by atoms with Crippen molar-refractivity contribution in [3.05, 3.63) is 82.6 Å². The maximum absolute atomic E-state index is 12.8. The Labute approximate surface area is 182 Å². The van der Waals surface area contributed by atoms with E-state index in [1.165, 1.54) is 5.56 Å². The molecule has 4 rings (SSSR count). The highest BCUT2D eigenvalue weighted by molar-refractivity contribution is 7.09. The van der Waals surface area contributed by atoms with Crippen molar-refractivity contribution in [1.29, 1.82) is 0 Å². The van der Waals surface area contributed by atoms with Crippen molar-refractivity contribution in [2.75, 3.05) is 19.6 Å². The number of benzene rings is 1. The predicted molar refractivity (Wildman–Crippen MR) is 121 cm³/mol. The molecule has 3 atom stereocenters.